The summed E-state index contributed by atoms with van der Waals surface area (Å²) in [5, 5.41) is 4.22. The largest absolute Gasteiger partial charge is 0.371 e. The number of fused-ring (bicyclic) bond motifs is 1. The Bertz CT molecular complexity index is 675. The minimum atomic E-state index is 0.0395. The zero-order chi connectivity index (χ0) is 16.2. The predicted octanol–water partition coefficient (Wildman–Crippen LogP) is 3.13. The number of benzene rings is 2. The second kappa shape index (κ2) is 7.16. The number of nitrogens with one attached hydrogen (secondary N) is 1. The van der Waals surface area contributed by atoms with Crippen LogP contribution in [0.4, 0.5) is 0 Å². The van der Waals surface area contributed by atoms with Gasteiger partial charge in [-0.1, -0.05) is 60.7 Å². The Labute approximate surface area is 142 Å². The van der Waals surface area contributed by atoms with Gasteiger partial charge in [-0.2, -0.15) is 5.10 Å². The minimum absolute atomic E-state index is 0.0395. The zero-order valence-electron chi connectivity index (χ0n) is 13.5. The molecule has 1 saturated carbocycles. The lowest BCUT2D eigenvalue weighted by atomic mass is 10.0. The Hall–Kier alpha value is -2.17. The van der Waals surface area contributed by atoms with E-state index >= 15 is 0 Å². The third-order valence-corrected chi connectivity index (χ3v) is 4.78. The first-order chi connectivity index (χ1) is 11.9. The summed E-state index contributed by atoms with van der Waals surface area (Å²) in [4.78, 5) is 0. The monoisotopic (exact) mass is 322 g/mol. The van der Waals surface area contributed by atoms with Gasteiger partial charge in [0, 0.05) is 12.1 Å². The molecule has 1 fully saturated rings. The van der Waals surface area contributed by atoms with Crippen molar-refractivity contribution in [3.8, 4) is 0 Å². The molecule has 1 N–H and O–H groups in total. The van der Waals surface area contributed by atoms with Crippen LogP contribution in [0, 0.1) is 5.92 Å². The van der Waals surface area contributed by atoms with Gasteiger partial charge < -0.3 is 14.9 Å². The van der Waals surface area contributed by atoms with E-state index in [0.29, 0.717) is 19.3 Å². The highest BCUT2D eigenvalue weighted by Crippen LogP contribution is 2.33. The Morgan fingerprint density at radius 1 is 0.875 bits per heavy atom. The first-order valence-electron chi connectivity index (χ1n) is 8.50. The van der Waals surface area contributed by atoms with E-state index in [1.54, 1.807) is 0 Å². The second-order valence-electron chi connectivity index (χ2n) is 6.42. The SMILES string of the molecule is C1=NN[C@H]2C[C@@H](OCc3ccccc3)[C@@H](OCc3ccccc3)[C@@H]12. The fraction of sp³-hybridized carbons (Fsp3) is 0.350. The quantitative estimate of drug-likeness (QED) is 0.888. The van der Waals surface area contributed by atoms with Gasteiger partial charge in [0.05, 0.1) is 31.5 Å². The van der Waals surface area contributed by atoms with Crippen molar-refractivity contribution in [3.05, 3.63) is 71.8 Å². The molecule has 2 aromatic rings. The molecular weight excluding hydrogens is 300 g/mol. The summed E-state index contributed by atoms with van der Waals surface area (Å²) in [6, 6.07) is 20.9. The van der Waals surface area contributed by atoms with Crippen LogP contribution in [0.2, 0.25) is 0 Å². The maximum atomic E-state index is 6.25. The molecule has 124 valence electrons. The van der Waals surface area contributed by atoms with E-state index in [9.17, 15) is 0 Å². The molecule has 0 aromatic heterocycles. The van der Waals surface area contributed by atoms with Crippen LogP contribution in [0.25, 0.3) is 0 Å². The summed E-state index contributed by atoms with van der Waals surface area (Å²) in [5.41, 5.74) is 5.56. The van der Waals surface area contributed by atoms with Gasteiger partial charge in [0.2, 0.25) is 0 Å². The van der Waals surface area contributed by atoms with Crippen LogP contribution in [0.3, 0.4) is 0 Å². The van der Waals surface area contributed by atoms with Gasteiger partial charge in [0.15, 0.2) is 0 Å². The lowest BCUT2D eigenvalue weighted by Gasteiger charge is -2.23. The van der Waals surface area contributed by atoms with Crippen molar-refractivity contribution in [1.82, 2.24) is 5.43 Å². The summed E-state index contributed by atoms with van der Waals surface area (Å²) in [6.07, 6.45) is 3.03. The molecule has 0 unspecified atom stereocenters. The molecule has 0 amide bonds. The number of rotatable bonds is 6. The average molecular weight is 322 g/mol. The maximum absolute atomic E-state index is 6.25. The van der Waals surface area contributed by atoms with Crippen molar-refractivity contribution < 1.29 is 9.47 Å². The Kier molecular flexibility index (Phi) is 4.58. The number of hydrazone groups is 1. The fourth-order valence-corrected chi connectivity index (χ4v) is 3.50. The molecule has 4 heteroatoms. The van der Waals surface area contributed by atoms with Gasteiger partial charge in [-0.05, 0) is 17.5 Å². The zero-order valence-corrected chi connectivity index (χ0v) is 13.5. The van der Waals surface area contributed by atoms with E-state index in [1.165, 1.54) is 11.1 Å². The molecular formula is C20H22N2O2. The molecule has 1 heterocycles. The smallest absolute Gasteiger partial charge is 0.0940 e. The molecule has 2 aromatic carbocycles. The maximum Gasteiger partial charge on any atom is 0.0940 e. The van der Waals surface area contributed by atoms with Gasteiger partial charge in [-0.25, -0.2) is 0 Å². The molecule has 4 nitrogen and oxygen atoms in total. The van der Waals surface area contributed by atoms with Crippen molar-refractivity contribution in [1.29, 1.82) is 0 Å². The van der Waals surface area contributed by atoms with Gasteiger partial charge in [0.1, 0.15) is 0 Å². The highest BCUT2D eigenvalue weighted by molar-refractivity contribution is 5.65. The number of ether oxygens (including phenoxy) is 2. The van der Waals surface area contributed by atoms with Crippen LogP contribution < -0.4 is 5.43 Å². The van der Waals surface area contributed by atoms with Gasteiger partial charge in [-0.15, -0.1) is 0 Å². The highest BCUT2D eigenvalue weighted by atomic mass is 16.5. The summed E-state index contributed by atoms with van der Waals surface area (Å²) in [5.74, 6) is 0.287. The first-order valence-corrected chi connectivity index (χ1v) is 8.50. The molecule has 4 rings (SSSR count). The Balaban J connectivity index is 1.40. The van der Waals surface area contributed by atoms with Crippen molar-refractivity contribution in [2.24, 2.45) is 11.0 Å². The predicted molar refractivity (Wildman–Crippen MR) is 93.6 cm³/mol. The van der Waals surface area contributed by atoms with Crippen molar-refractivity contribution in [2.75, 3.05) is 0 Å². The van der Waals surface area contributed by atoms with E-state index in [1.807, 2.05) is 42.6 Å². The third kappa shape index (κ3) is 3.35. The number of nitrogens with zero attached hydrogens (tertiary/aromatic N) is 1. The van der Waals surface area contributed by atoms with E-state index < -0.39 is 0 Å². The van der Waals surface area contributed by atoms with Crippen molar-refractivity contribution in [2.45, 2.75) is 37.9 Å². The Morgan fingerprint density at radius 2 is 1.50 bits per heavy atom. The number of hydrogen-bond acceptors (Lipinski definition) is 4. The first kappa shape index (κ1) is 15.4. The molecule has 24 heavy (non-hydrogen) atoms. The lowest BCUT2D eigenvalue weighted by Crippen LogP contribution is -2.32. The van der Waals surface area contributed by atoms with Gasteiger partial charge >= 0.3 is 0 Å². The molecule has 0 saturated heterocycles. The highest BCUT2D eigenvalue weighted by Gasteiger charge is 2.46. The Morgan fingerprint density at radius 3 is 2.17 bits per heavy atom. The molecule has 0 spiro atoms. The molecule has 4 atom stereocenters. The van der Waals surface area contributed by atoms with E-state index in [-0.39, 0.29) is 18.1 Å². The van der Waals surface area contributed by atoms with E-state index in [2.05, 4.69) is 34.8 Å². The summed E-state index contributed by atoms with van der Waals surface area (Å²) in [7, 11) is 0. The fourth-order valence-electron chi connectivity index (χ4n) is 3.50. The molecule has 0 radical (unpaired) electrons. The van der Waals surface area contributed by atoms with Crippen molar-refractivity contribution >= 4 is 6.21 Å². The van der Waals surface area contributed by atoms with Gasteiger partial charge in [0.25, 0.3) is 0 Å². The molecule has 0 bridgehead atoms. The molecule has 2 aliphatic rings. The topological polar surface area (TPSA) is 42.9 Å². The standard InChI is InChI=1S/C20H22N2O2/c1-3-7-15(8-4-1)13-23-19-11-18-17(12-21-22-18)20(19)24-14-16-9-5-2-6-10-16/h1-10,12,17-20,22H,11,13-14H2/t17-,18-,19+,20-/m0/s1. The van der Waals surface area contributed by atoms with Crippen LogP contribution in [0.15, 0.2) is 65.8 Å². The lowest BCUT2D eigenvalue weighted by molar-refractivity contribution is -0.0754. The summed E-state index contributed by atoms with van der Waals surface area (Å²) in [6.45, 7) is 1.22. The third-order valence-electron chi connectivity index (χ3n) is 4.78. The summed E-state index contributed by atoms with van der Waals surface area (Å²) < 4.78 is 12.4. The summed E-state index contributed by atoms with van der Waals surface area (Å²) >= 11 is 0. The normalized spacial score (nSPS) is 27.8. The van der Waals surface area contributed by atoms with Crippen molar-refractivity contribution in [3.63, 3.8) is 0 Å². The van der Waals surface area contributed by atoms with E-state index in [0.717, 1.165) is 6.42 Å². The van der Waals surface area contributed by atoms with Crippen LogP contribution in [0.5, 0.6) is 0 Å². The van der Waals surface area contributed by atoms with Crippen LogP contribution in [-0.4, -0.2) is 24.5 Å². The van der Waals surface area contributed by atoms with Crippen LogP contribution in [-0.2, 0) is 22.7 Å². The second-order valence-corrected chi connectivity index (χ2v) is 6.42. The van der Waals surface area contributed by atoms with Crippen LogP contribution in [0.1, 0.15) is 17.5 Å². The minimum Gasteiger partial charge on any atom is -0.371 e. The number of hydrogen-bond donors (Lipinski definition) is 1. The van der Waals surface area contributed by atoms with Crippen LogP contribution >= 0.6 is 0 Å². The molecule has 1 aliphatic carbocycles. The average Bonchev–Trinajstić information content (AvgIpc) is 3.21. The van der Waals surface area contributed by atoms with Gasteiger partial charge in [-0.3, -0.25) is 0 Å². The molecule has 1 aliphatic heterocycles. The van der Waals surface area contributed by atoms with E-state index in [4.69, 9.17) is 9.47 Å².